The molecule has 6 nitrogen and oxygen atoms in total. The molecule has 0 saturated carbocycles. The van der Waals surface area contributed by atoms with E-state index in [9.17, 15) is 18.0 Å². The Balaban J connectivity index is 1.44. The van der Waals surface area contributed by atoms with Crippen LogP contribution in [0, 0.1) is 0 Å². The first kappa shape index (κ1) is 21.7. The number of hydrogen-bond acceptors (Lipinski definition) is 6. The molecule has 0 aromatic carbocycles. The molecule has 3 heterocycles. The smallest absolute Gasteiger partial charge is 0.225 e. The van der Waals surface area contributed by atoms with Crippen molar-refractivity contribution in [3.05, 3.63) is 38.4 Å². The Morgan fingerprint density at radius 1 is 1.10 bits per heavy atom. The van der Waals surface area contributed by atoms with Crippen LogP contribution in [0.1, 0.15) is 64.2 Å². The molecule has 9 heteroatoms. The number of thiophene rings is 2. The lowest BCUT2D eigenvalue weighted by Gasteiger charge is -2.15. The van der Waals surface area contributed by atoms with Gasteiger partial charge in [-0.25, -0.2) is 12.7 Å². The summed E-state index contributed by atoms with van der Waals surface area (Å²) in [6.45, 7) is 1.17. The highest BCUT2D eigenvalue weighted by Crippen LogP contribution is 2.39. The molecule has 1 aliphatic carbocycles. The van der Waals surface area contributed by atoms with Gasteiger partial charge in [-0.05, 0) is 62.0 Å². The van der Waals surface area contributed by atoms with Crippen molar-refractivity contribution in [1.29, 1.82) is 0 Å². The first-order chi connectivity index (χ1) is 14.5. The Morgan fingerprint density at radius 3 is 2.60 bits per heavy atom. The van der Waals surface area contributed by atoms with Crippen LogP contribution in [0.5, 0.6) is 0 Å². The number of hydrogen-bond donors (Lipinski definition) is 1. The third-order valence-electron chi connectivity index (χ3n) is 5.66. The van der Waals surface area contributed by atoms with Gasteiger partial charge in [-0.15, -0.1) is 22.7 Å². The molecule has 2 aromatic rings. The summed E-state index contributed by atoms with van der Waals surface area (Å²) in [6, 6.07) is 3.67. The van der Waals surface area contributed by atoms with Crippen LogP contribution in [0.2, 0.25) is 0 Å². The average molecular weight is 467 g/mol. The molecular weight excluding hydrogens is 440 g/mol. The fraction of sp³-hybridized carbons (Fsp3) is 0.524. The molecule has 0 spiro atoms. The molecule has 0 bridgehead atoms. The number of aryl methyl sites for hydroxylation is 1. The molecule has 0 atom stereocenters. The van der Waals surface area contributed by atoms with Crippen molar-refractivity contribution in [3.8, 4) is 0 Å². The average Bonchev–Trinajstić information content (AvgIpc) is 3.47. The zero-order chi connectivity index (χ0) is 21.1. The van der Waals surface area contributed by atoms with Crippen LogP contribution in [0.15, 0.2) is 17.5 Å². The van der Waals surface area contributed by atoms with Crippen molar-refractivity contribution in [2.75, 3.05) is 24.2 Å². The van der Waals surface area contributed by atoms with Crippen molar-refractivity contribution >= 4 is 49.4 Å². The van der Waals surface area contributed by atoms with Gasteiger partial charge in [0, 0.05) is 24.4 Å². The van der Waals surface area contributed by atoms with Gasteiger partial charge in [-0.1, -0.05) is 6.07 Å². The maximum Gasteiger partial charge on any atom is 0.225 e. The largest absolute Gasteiger partial charge is 0.317 e. The quantitative estimate of drug-likeness (QED) is 0.595. The zero-order valence-corrected chi connectivity index (χ0v) is 19.3. The molecule has 2 aliphatic rings. The van der Waals surface area contributed by atoms with Crippen LogP contribution < -0.4 is 5.32 Å². The number of rotatable bonds is 8. The van der Waals surface area contributed by atoms with E-state index in [-0.39, 0.29) is 30.3 Å². The van der Waals surface area contributed by atoms with Crippen molar-refractivity contribution in [2.45, 2.75) is 51.4 Å². The van der Waals surface area contributed by atoms with Gasteiger partial charge < -0.3 is 5.32 Å². The fourth-order valence-corrected chi connectivity index (χ4v) is 7.68. The third-order valence-corrected chi connectivity index (χ3v) is 9.69. The van der Waals surface area contributed by atoms with Crippen molar-refractivity contribution in [3.63, 3.8) is 0 Å². The monoisotopic (exact) mass is 466 g/mol. The SMILES string of the molecule is O=C(CCCS(=O)(=O)N1CCCC1)Nc1sc2c(c1C(=O)c1cccs1)CCCC2. The van der Waals surface area contributed by atoms with E-state index >= 15 is 0 Å². The second-order valence-electron chi connectivity index (χ2n) is 7.80. The molecule has 162 valence electrons. The molecule has 0 unspecified atom stereocenters. The molecule has 30 heavy (non-hydrogen) atoms. The topological polar surface area (TPSA) is 83.6 Å². The first-order valence-electron chi connectivity index (χ1n) is 10.5. The standard InChI is InChI=1S/C21H26N2O4S3/c24-18(10-6-14-30(26,27)23-11-3-4-12-23)22-21-19(20(25)17-9-5-13-28-17)15-7-1-2-8-16(15)29-21/h5,9,13H,1-4,6-8,10-12,14H2,(H,22,24). The number of ketones is 1. The minimum Gasteiger partial charge on any atom is -0.317 e. The zero-order valence-electron chi connectivity index (χ0n) is 16.8. The van der Waals surface area contributed by atoms with Crippen LogP contribution in [0.3, 0.4) is 0 Å². The molecule has 1 N–H and O–H groups in total. The van der Waals surface area contributed by atoms with E-state index in [0.717, 1.165) is 44.1 Å². The summed E-state index contributed by atoms with van der Waals surface area (Å²) >= 11 is 2.91. The van der Waals surface area contributed by atoms with E-state index in [0.29, 0.717) is 28.5 Å². The van der Waals surface area contributed by atoms with E-state index in [1.54, 1.807) is 0 Å². The highest BCUT2D eigenvalue weighted by atomic mass is 32.2. The van der Waals surface area contributed by atoms with Gasteiger partial charge in [0.2, 0.25) is 21.7 Å². The molecule has 0 radical (unpaired) electrons. The Hall–Kier alpha value is -1.55. The summed E-state index contributed by atoms with van der Waals surface area (Å²) in [5.41, 5.74) is 1.71. The predicted octanol–water partition coefficient (Wildman–Crippen LogP) is 4.06. The van der Waals surface area contributed by atoms with E-state index in [4.69, 9.17) is 0 Å². The van der Waals surface area contributed by atoms with Crippen LogP contribution >= 0.6 is 22.7 Å². The molecular formula is C21H26N2O4S3. The van der Waals surface area contributed by atoms with Crippen LogP contribution in [0.25, 0.3) is 0 Å². The van der Waals surface area contributed by atoms with E-state index in [2.05, 4.69) is 5.32 Å². The lowest BCUT2D eigenvalue weighted by atomic mass is 9.93. The van der Waals surface area contributed by atoms with E-state index < -0.39 is 10.0 Å². The predicted molar refractivity (Wildman–Crippen MR) is 121 cm³/mol. The number of sulfonamides is 1. The number of nitrogens with zero attached hydrogens (tertiary/aromatic N) is 1. The number of carbonyl (C=O) groups is 2. The fourth-order valence-electron chi connectivity index (χ4n) is 4.12. The van der Waals surface area contributed by atoms with Gasteiger partial charge in [-0.2, -0.15) is 0 Å². The van der Waals surface area contributed by atoms with Gasteiger partial charge in [0.25, 0.3) is 0 Å². The van der Waals surface area contributed by atoms with Crippen molar-refractivity contribution in [1.82, 2.24) is 4.31 Å². The summed E-state index contributed by atoms with van der Waals surface area (Å²) in [5, 5.41) is 5.42. The highest BCUT2D eigenvalue weighted by molar-refractivity contribution is 7.89. The van der Waals surface area contributed by atoms with Crippen LogP contribution in [-0.2, 0) is 27.7 Å². The summed E-state index contributed by atoms with van der Waals surface area (Å²) in [7, 11) is -3.28. The maximum atomic E-state index is 13.1. The Kier molecular flexibility index (Phi) is 6.72. The number of amides is 1. The third kappa shape index (κ3) is 4.69. The molecule has 1 fully saturated rings. The summed E-state index contributed by atoms with van der Waals surface area (Å²) < 4.78 is 26.2. The molecule has 4 rings (SSSR count). The number of anilines is 1. The van der Waals surface area contributed by atoms with E-state index in [1.807, 2.05) is 17.5 Å². The molecule has 1 amide bonds. The normalized spacial score (nSPS) is 17.1. The highest BCUT2D eigenvalue weighted by Gasteiger charge is 2.28. The van der Waals surface area contributed by atoms with Gasteiger partial charge >= 0.3 is 0 Å². The second kappa shape index (κ2) is 9.30. The minimum atomic E-state index is -3.28. The lowest BCUT2D eigenvalue weighted by Crippen LogP contribution is -2.30. The lowest BCUT2D eigenvalue weighted by molar-refractivity contribution is -0.116. The number of fused-ring (bicyclic) bond motifs is 1. The first-order valence-corrected chi connectivity index (χ1v) is 13.8. The van der Waals surface area contributed by atoms with Gasteiger partial charge in [0.1, 0.15) is 5.00 Å². The van der Waals surface area contributed by atoms with Crippen LogP contribution in [0.4, 0.5) is 5.00 Å². The Bertz CT molecular complexity index is 1020. The number of carbonyl (C=O) groups excluding carboxylic acids is 2. The summed E-state index contributed by atoms with van der Waals surface area (Å²) in [6.07, 6.45) is 6.18. The Morgan fingerprint density at radius 2 is 1.87 bits per heavy atom. The maximum absolute atomic E-state index is 13.1. The summed E-state index contributed by atoms with van der Waals surface area (Å²) in [4.78, 5) is 27.6. The summed E-state index contributed by atoms with van der Waals surface area (Å²) in [5.74, 6) is -0.274. The number of nitrogens with one attached hydrogen (secondary N) is 1. The van der Waals surface area contributed by atoms with Crippen molar-refractivity contribution in [2.24, 2.45) is 0 Å². The minimum absolute atomic E-state index is 0.0116. The Labute approximate surface area is 185 Å². The van der Waals surface area contributed by atoms with Crippen LogP contribution in [-0.4, -0.2) is 43.3 Å². The van der Waals surface area contributed by atoms with Gasteiger partial charge in [0.05, 0.1) is 16.2 Å². The molecule has 1 aliphatic heterocycles. The second-order valence-corrected chi connectivity index (χ2v) is 11.9. The van der Waals surface area contributed by atoms with Gasteiger partial charge in [0.15, 0.2) is 0 Å². The molecule has 2 aromatic heterocycles. The van der Waals surface area contributed by atoms with E-state index in [1.165, 1.54) is 31.9 Å². The van der Waals surface area contributed by atoms with Crippen molar-refractivity contribution < 1.29 is 18.0 Å². The molecule has 1 saturated heterocycles. The van der Waals surface area contributed by atoms with Gasteiger partial charge in [-0.3, -0.25) is 9.59 Å².